The van der Waals surface area contributed by atoms with Crippen molar-refractivity contribution >= 4 is 28.2 Å². The summed E-state index contributed by atoms with van der Waals surface area (Å²) in [5, 5.41) is 2.96. The number of carbonyl (C=O) groups excluding carboxylic acids is 1. The first kappa shape index (κ1) is 18.9. The Bertz CT molecular complexity index is 616. The van der Waals surface area contributed by atoms with E-state index in [0.717, 1.165) is 24.8 Å². The summed E-state index contributed by atoms with van der Waals surface area (Å²) in [6.07, 6.45) is 3.91. The third-order valence-corrected chi connectivity index (χ3v) is 5.20. The molecule has 0 radical (unpaired) electrons. The molecule has 1 aromatic rings. The molecule has 1 amide bonds. The molecular weight excluding hydrogens is 324 g/mol. The van der Waals surface area contributed by atoms with Gasteiger partial charge in [-0.05, 0) is 37.5 Å². The van der Waals surface area contributed by atoms with Gasteiger partial charge in [0.2, 0.25) is 5.91 Å². The van der Waals surface area contributed by atoms with Gasteiger partial charge in [0.25, 0.3) is 0 Å². The molecule has 2 rings (SSSR count). The molecule has 0 bridgehead atoms. The molecule has 1 aliphatic carbocycles. The maximum Gasteiger partial charge on any atom is 0.225 e. The minimum Gasteiger partial charge on any atom is -0.349 e. The van der Waals surface area contributed by atoms with Crippen molar-refractivity contribution in [2.75, 3.05) is 6.26 Å². The van der Waals surface area contributed by atoms with E-state index in [1.165, 1.54) is 6.26 Å². The first-order valence-electron chi connectivity index (χ1n) is 7.15. The van der Waals surface area contributed by atoms with Crippen molar-refractivity contribution in [1.29, 1.82) is 0 Å². The van der Waals surface area contributed by atoms with Crippen molar-refractivity contribution in [3.63, 3.8) is 0 Å². The Morgan fingerprint density at radius 1 is 1.27 bits per heavy atom. The summed E-state index contributed by atoms with van der Waals surface area (Å²) in [6, 6.07) is 6.37. The van der Waals surface area contributed by atoms with Crippen molar-refractivity contribution in [3.8, 4) is 0 Å². The average Bonchev–Trinajstić information content (AvgIpc) is 2.84. The van der Waals surface area contributed by atoms with Crippen LogP contribution in [0.5, 0.6) is 0 Å². The molecule has 0 aliphatic heterocycles. The normalized spacial score (nSPS) is 22.7. The highest BCUT2D eigenvalue weighted by Gasteiger charge is 2.30. The van der Waals surface area contributed by atoms with Crippen LogP contribution in [0.25, 0.3) is 0 Å². The maximum absolute atomic E-state index is 12.2. The van der Waals surface area contributed by atoms with Crippen LogP contribution in [0.4, 0.5) is 0 Å². The number of hydrogen-bond acceptors (Lipinski definition) is 4. The second kappa shape index (κ2) is 7.44. The number of nitrogens with one attached hydrogen (secondary N) is 1. The topological polar surface area (TPSA) is 89.3 Å². The predicted molar refractivity (Wildman–Crippen MR) is 88.7 cm³/mol. The second-order valence-electron chi connectivity index (χ2n) is 5.77. The molecule has 0 spiro atoms. The van der Waals surface area contributed by atoms with E-state index in [1.807, 2.05) is 6.92 Å². The molecule has 1 aromatic carbocycles. The molecule has 1 aliphatic rings. The van der Waals surface area contributed by atoms with Crippen molar-refractivity contribution in [3.05, 3.63) is 29.8 Å². The number of carbonyl (C=O) groups is 1. The lowest BCUT2D eigenvalue weighted by Crippen LogP contribution is -2.39. The standard InChI is InChI=1S/C15H22N2O3S.ClH/c1-10(17-15(18)13-4-3-5-14(13)16)11-6-8-12(9-7-11)21(2,19)20;/h6-10,13-14H,3-5,16H2,1-2H3,(H,17,18);1H. The summed E-state index contributed by atoms with van der Waals surface area (Å²) in [6.45, 7) is 1.88. The zero-order valence-corrected chi connectivity index (χ0v) is 14.4. The van der Waals surface area contributed by atoms with Gasteiger partial charge in [-0.25, -0.2) is 8.42 Å². The Labute approximate surface area is 138 Å². The first-order valence-corrected chi connectivity index (χ1v) is 9.04. The van der Waals surface area contributed by atoms with E-state index in [4.69, 9.17) is 5.73 Å². The molecule has 0 heterocycles. The van der Waals surface area contributed by atoms with E-state index in [1.54, 1.807) is 24.3 Å². The van der Waals surface area contributed by atoms with Crippen LogP contribution in [0.1, 0.15) is 37.8 Å². The lowest BCUT2D eigenvalue weighted by Gasteiger charge is -2.20. The van der Waals surface area contributed by atoms with Gasteiger partial charge in [0.05, 0.1) is 16.9 Å². The zero-order chi connectivity index (χ0) is 15.6. The second-order valence-corrected chi connectivity index (χ2v) is 7.79. The number of sulfone groups is 1. The lowest BCUT2D eigenvalue weighted by molar-refractivity contribution is -0.125. The lowest BCUT2D eigenvalue weighted by atomic mass is 10.0. The van der Waals surface area contributed by atoms with E-state index in [0.29, 0.717) is 0 Å². The summed E-state index contributed by atoms with van der Waals surface area (Å²) in [7, 11) is -3.19. The number of amides is 1. The van der Waals surface area contributed by atoms with Crippen LogP contribution in [0.15, 0.2) is 29.2 Å². The average molecular weight is 347 g/mol. The Kier molecular flexibility index (Phi) is 6.40. The molecule has 124 valence electrons. The molecular formula is C15H23ClN2O3S. The number of nitrogens with two attached hydrogens (primary N) is 1. The van der Waals surface area contributed by atoms with Gasteiger partial charge < -0.3 is 11.1 Å². The van der Waals surface area contributed by atoms with Gasteiger partial charge >= 0.3 is 0 Å². The van der Waals surface area contributed by atoms with E-state index >= 15 is 0 Å². The van der Waals surface area contributed by atoms with Crippen LogP contribution in [-0.4, -0.2) is 26.6 Å². The predicted octanol–water partition coefficient (Wildman–Crippen LogP) is 1.82. The Hall–Kier alpha value is -1.11. The fourth-order valence-corrected chi connectivity index (χ4v) is 3.35. The van der Waals surface area contributed by atoms with Gasteiger partial charge in [0, 0.05) is 12.3 Å². The number of rotatable bonds is 4. The van der Waals surface area contributed by atoms with Crippen LogP contribution >= 0.6 is 12.4 Å². The van der Waals surface area contributed by atoms with Gasteiger partial charge in [0.15, 0.2) is 9.84 Å². The maximum atomic E-state index is 12.2. The summed E-state index contributed by atoms with van der Waals surface area (Å²) in [5.74, 6) is -0.123. The largest absolute Gasteiger partial charge is 0.349 e. The fraction of sp³-hybridized carbons (Fsp3) is 0.533. The molecule has 0 saturated heterocycles. The summed E-state index contributed by atoms with van der Waals surface area (Å²) < 4.78 is 22.8. The number of hydrogen-bond donors (Lipinski definition) is 2. The minimum atomic E-state index is -3.19. The first-order chi connectivity index (χ1) is 9.79. The summed E-state index contributed by atoms with van der Waals surface area (Å²) >= 11 is 0. The highest BCUT2D eigenvalue weighted by molar-refractivity contribution is 7.90. The minimum absolute atomic E-state index is 0. The van der Waals surface area contributed by atoms with Crippen molar-refractivity contribution in [1.82, 2.24) is 5.32 Å². The van der Waals surface area contributed by atoms with Gasteiger partial charge in [-0.15, -0.1) is 12.4 Å². The molecule has 1 fully saturated rings. The van der Waals surface area contributed by atoms with Gasteiger partial charge in [-0.1, -0.05) is 18.6 Å². The number of halogens is 1. The smallest absolute Gasteiger partial charge is 0.225 e. The van der Waals surface area contributed by atoms with E-state index < -0.39 is 9.84 Å². The Morgan fingerprint density at radius 3 is 2.32 bits per heavy atom. The van der Waals surface area contributed by atoms with Crippen molar-refractivity contribution in [2.45, 2.75) is 43.2 Å². The molecule has 0 aromatic heterocycles. The van der Waals surface area contributed by atoms with Crippen LogP contribution in [0.3, 0.4) is 0 Å². The molecule has 7 heteroatoms. The third kappa shape index (κ3) is 4.44. The summed E-state index contributed by atoms with van der Waals surface area (Å²) in [5.41, 5.74) is 6.81. The van der Waals surface area contributed by atoms with E-state index in [2.05, 4.69) is 5.32 Å². The molecule has 1 saturated carbocycles. The summed E-state index contributed by atoms with van der Waals surface area (Å²) in [4.78, 5) is 12.5. The molecule has 5 nitrogen and oxygen atoms in total. The zero-order valence-electron chi connectivity index (χ0n) is 12.8. The molecule has 3 atom stereocenters. The van der Waals surface area contributed by atoms with Crippen LogP contribution < -0.4 is 11.1 Å². The number of benzene rings is 1. The van der Waals surface area contributed by atoms with Crippen LogP contribution in [0.2, 0.25) is 0 Å². The quantitative estimate of drug-likeness (QED) is 0.870. The van der Waals surface area contributed by atoms with Gasteiger partial charge in [-0.3, -0.25) is 4.79 Å². The Balaban J connectivity index is 0.00000242. The Morgan fingerprint density at radius 2 is 1.86 bits per heavy atom. The van der Waals surface area contributed by atoms with E-state index in [9.17, 15) is 13.2 Å². The molecule has 3 unspecified atom stereocenters. The monoisotopic (exact) mass is 346 g/mol. The fourth-order valence-electron chi connectivity index (χ4n) is 2.72. The highest BCUT2D eigenvalue weighted by atomic mass is 35.5. The van der Waals surface area contributed by atoms with Gasteiger partial charge in [-0.2, -0.15) is 0 Å². The molecule has 3 N–H and O–H groups in total. The van der Waals surface area contributed by atoms with Crippen LogP contribution in [0, 0.1) is 5.92 Å². The highest BCUT2D eigenvalue weighted by Crippen LogP contribution is 2.25. The van der Waals surface area contributed by atoms with Gasteiger partial charge in [0.1, 0.15) is 0 Å². The van der Waals surface area contributed by atoms with Crippen molar-refractivity contribution < 1.29 is 13.2 Å². The van der Waals surface area contributed by atoms with Crippen molar-refractivity contribution in [2.24, 2.45) is 11.7 Å². The molecule has 22 heavy (non-hydrogen) atoms. The van der Waals surface area contributed by atoms with E-state index in [-0.39, 0.29) is 41.2 Å². The third-order valence-electron chi connectivity index (χ3n) is 4.07. The SMILES string of the molecule is CC(NC(=O)C1CCCC1N)c1ccc(S(C)(=O)=O)cc1.Cl. The van der Waals surface area contributed by atoms with Crippen LogP contribution in [-0.2, 0) is 14.6 Å².